The summed E-state index contributed by atoms with van der Waals surface area (Å²) in [5.41, 5.74) is 2.92. The molecular weight excluding hydrogens is 376 g/mol. The zero-order valence-corrected chi connectivity index (χ0v) is 16.2. The van der Waals surface area contributed by atoms with Gasteiger partial charge in [-0.05, 0) is 49.2 Å². The van der Waals surface area contributed by atoms with Gasteiger partial charge in [0.2, 0.25) is 10.0 Å². The molecule has 2 aromatic carbocycles. The Morgan fingerprint density at radius 2 is 1.96 bits per heavy atom. The van der Waals surface area contributed by atoms with E-state index in [4.69, 9.17) is 16.3 Å². The molecule has 6 nitrogen and oxygen atoms in total. The molecule has 26 heavy (non-hydrogen) atoms. The summed E-state index contributed by atoms with van der Waals surface area (Å²) in [7, 11) is -3.60. The highest BCUT2D eigenvalue weighted by Crippen LogP contribution is 2.37. The lowest BCUT2D eigenvalue weighted by atomic mass is 10.1. The highest BCUT2D eigenvalue weighted by molar-refractivity contribution is 7.92. The van der Waals surface area contributed by atoms with Crippen LogP contribution >= 0.6 is 11.6 Å². The molecule has 1 amide bonds. The van der Waals surface area contributed by atoms with Crippen LogP contribution in [0.25, 0.3) is 0 Å². The zero-order chi connectivity index (χ0) is 19.1. The normalized spacial score (nSPS) is 16.6. The van der Waals surface area contributed by atoms with E-state index in [0.717, 1.165) is 21.7 Å². The molecule has 138 valence electrons. The first-order chi connectivity index (χ1) is 12.1. The van der Waals surface area contributed by atoms with Crippen molar-refractivity contribution in [3.63, 3.8) is 0 Å². The minimum Gasteiger partial charge on any atom is -0.476 e. The molecule has 8 heteroatoms. The largest absolute Gasteiger partial charge is 0.476 e. The fraction of sp³-hybridized carbons (Fsp3) is 0.278. The van der Waals surface area contributed by atoms with E-state index < -0.39 is 22.0 Å². The Labute approximate surface area is 157 Å². The maximum Gasteiger partial charge on any atom is 0.267 e. The molecule has 3 rings (SSSR count). The number of hydrogen-bond donors (Lipinski definition) is 1. The van der Waals surface area contributed by atoms with Gasteiger partial charge in [0.25, 0.3) is 5.91 Å². The summed E-state index contributed by atoms with van der Waals surface area (Å²) in [5, 5.41) is 3.21. The Hall–Kier alpha value is -2.25. The van der Waals surface area contributed by atoms with Gasteiger partial charge in [-0.15, -0.1) is 0 Å². The van der Waals surface area contributed by atoms with Crippen molar-refractivity contribution >= 4 is 38.9 Å². The summed E-state index contributed by atoms with van der Waals surface area (Å²) in [6.45, 7) is 3.69. The first-order valence-corrected chi connectivity index (χ1v) is 10.2. The van der Waals surface area contributed by atoms with Crippen LogP contribution in [0.4, 0.5) is 11.4 Å². The lowest BCUT2D eigenvalue weighted by Gasteiger charge is -2.34. The Morgan fingerprint density at radius 3 is 2.65 bits per heavy atom. The number of amides is 1. The molecule has 0 unspecified atom stereocenters. The number of benzene rings is 2. The van der Waals surface area contributed by atoms with E-state index in [2.05, 4.69) is 5.32 Å². The third kappa shape index (κ3) is 3.78. The molecule has 0 spiro atoms. The number of carbonyl (C=O) groups is 1. The first kappa shape index (κ1) is 18.5. The summed E-state index contributed by atoms with van der Waals surface area (Å²) in [4.78, 5) is 12.7. The second-order valence-electron chi connectivity index (χ2n) is 6.32. The molecule has 2 aromatic rings. The smallest absolute Gasteiger partial charge is 0.267 e. The maximum atomic E-state index is 12.7. The molecular formula is C18H19ClN2O4S. The Morgan fingerprint density at radius 1 is 1.23 bits per heavy atom. The van der Waals surface area contributed by atoms with Crippen molar-refractivity contribution in [1.29, 1.82) is 0 Å². The van der Waals surface area contributed by atoms with Crippen LogP contribution in [0, 0.1) is 13.8 Å². The molecule has 1 heterocycles. The number of sulfonamides is 1. The predicted molar refractivity (Wildman–Crippen MR) is 103 cm³/mol. The van der Waals surface area contributed by atoms with Gasteiger partial charge in [0.15, 0.2) is 6.10 Å². The Bertz CT molecular complexity index is 975. The van der Waals surface area contributed by atoms with E-state index >= 15 is 0 Å². The summed E-state index contributed by atoms with van der Waals surface area (Å²) in [5.74, 6) is -0.111. The molecule has 0 aromatic heterocycles. The third-order valence-electron chi connectivity index (χ3n) is 4.13. The number of fused-ring (bicyclic) bond motifs is 1. The monoisotopic (exact) mass is 394 g/mol. The molecule has 1 atom stereocenters. The van der Waals surface area contributed by atoms with Gasteiger partial charge in [0, 0.05) is 10.7 Å². The highest BCUT2D eigenvalue weighted by Gasteiger charge is 2.35. The quantitative estimate of drug-likeness (QED) is 0.867. The lowest BCUT2D eigenvalue weighted by Crippen LogP contribution is -2.48. The summed E-state index contributed by atoms with van der Waals surface area (Å²) in [6, 6.07) is 10.4. The van der Waals surface area contributed by atoms with Gasteiger partial charge in [0.05, 0.1) is 18.5 Å². The number of carbonyl (C=O) groups excluding carboxylic acids is 1. The molecule has 0 saturated carbocycles. The van der Waals surface area contributed by atoms with Crippen LogP contribution in [-0.2, 0) is 14.8 Å². The van der Waals surface area contributed by atoms with Gasteiger partial charge >= 0.3 is 0 Å². The zero-order valence-electron chi connectivity index (χ0n) is 14.6. The second kappa shape index (κ2) is 6.81. The van der Waals surface area contributed by atoms with Crippen LogP contribution in [0.1, 0.15) is 11.1 Å². The number of ether oxygens (including phenoxy) is 1. The number of rotatable bonds is 3. The maximum absolute atomic E-state index is 12.7. The van der Waals surface area contributed by atoms with Crippen molar-refractivity contribution in [2.45, 2.75) is 20.0 Å². The third-order valence-corrected chi connectivity index (χ3v) is 5.52. The molecule has 1 aliphatic rings. The number of hydrogen-bond acceptors (Lipinski definition) is 4. The van der Waals surface area contributed by atoms with Crippen molar-refractivity contribution < 1.29 is 17.9 Å². The van der Waals surface area contributed by atoms with Gasteiger partial charge in [-0.25, -0.2) is 8.42 Å². The number of nitrogens with zero attached hydrogens (tertiary/aromatic N) is 1. The first-order valence-electron chi connectivity index (χ1n) is 7.97. The fourth-order valence-corrected chi connectivity index (χ4v) is 3.83. The molecule has 1 aliphatic heterocycles. The Balaban J connectivity index is 1.91. The second-order valence-corrected chi connectivity index (χ2v) is 8.66. The van der Waals surface area contributed by atoms with Crippen molar-refractivity contribution in [3.05, 3.63) is 52.5 Å². The van der Waals surface area contributed by atoms with Crippen molar-refractivity contribution in [1.82, 2.24) is 0 Å². The van der Waals surface area contributed by atoms with Crippen LogP contribution < -0.4 is 14.4 Å². The average Bonchev–Trinajstić information content (AvgIpc) is 2.56. The summed E-state index contributed by atoms with van der Waals surface area (Å²) < 4.78 is 31.2. The minimum absolute atomic E-state index is 0.122. The molecule has 0 radical (unpaired) electrons. The van der Waals surface area contributed by atoms with E-state index in [1.807, 2.05) is 32.0 Å². The standard InChI is InChI=1S/C18H19ClN2O4S/c1-11-4-5-12(2)14(8-11)20-18(22)17-10-21(26(3,23)24)15-9-13(19)6-7-16(15)25-17/h4-9,17H,10H2,1-3H3,(H,20,22)/t17-/m0/s1. The molecule has 0 fully saturated rings. The predicted octanol–water partition coefficient (Wildman–Crippen LogP) is 3.12. The van der Waals surface area contributed by atoms with Crippen LogP contribution in [0.2, 0.25) is 5.02 Å². The minimum atomic E-state index is -3.60. The van der Waals surface area contributed by atoms with E-state index in [0.29, 0.717) is 22.1 Å². The number of aryl methyl sites for hydroxylation is 2. The fourth-order valence-electron chi connectivity index (χ4n) is 2.76. The lowest BCUT2D eigenvalue weighted by molar-refractivity contribution is -0.122. The van der Waals surface area contributed by atoms with Crippen LogP contribution in [-0.4, -0.2) is 33.2 Å². The number of nitrogens with one attached hydrogen (secondary N) is 1. The summed E-state index contributed by atoms with van der Waals surface area (Å²) >= 11 is 5.97. The van der Waals surface area contributed by atoms with Gasteiger partial charge in [-0.2, -0.15) is 0 Å². The van der Waals surface area contributed by atoms with Crippen molar-refractivity contribution in [2.24, 2.45) is 0 Å². The molecule has 0 bridgehead atoms. The van der Waals surface area contributed by atoms with Crippen LogP contribution in [0.5, 0.6) is 5.75 Å². The average molecular weight is 395 g/mol. The SMILES string of the molecule is Cc1ccc(C)c(NC(=O)[C@@H]2CN(S(C)(=O)=O)c3cc(Cl)ccc3O2)c1. The summed E-state index contributed by atoms with van der Waals surface area (Å²) in [6.07, 6.45) is 0.112. The molecule has 0 saturated heterocycles. The van der Waals surface area contributed by atoms with E-state index in [1.54, 1.807) is 12.1 Å². The van der Waals surface area contributed by atoms with Gasteiger partial charge in [0.1, 0.15) is 5.75 Å². The molecule has 1 N–H and O–H groups in total. The van der Waals surface area contributed by atoms with Gasteiger partial charge in [-0.1, -0.05) is 23.7 Å². The van der Waals surface area contributed by atoms with Crippen molar-refractivity contribution in [3.8, 4) is 5.75 Å². The van der Waals surface area contributed by atoms with Crippen molar-refractivity contribution in [2.75, 3.05) is 22.4 Å². The highest BCUT2D eigenvalue weighted by atomic mass is 35.5. The van der Waals surface area contributed by atoms with E-state index in [9.17, 15) is 13.2 Å². The van der Waals surface area contributed by atoms with E-state index in [1.165, 1.54) is 6.07 Å². The van der Waals surface area contributed by atoms with E-state index in [-0.39, 0.29) is 6.54 Å². The topological polar surface area (TPSA) is 75.7 Å². The number of halogens is 1. The van der Waals surface area contributed by atoms with Crippen LogP contribution in [0.3, 0.4) is 0 Å². The van der Waals surface area contributed by atoms with Gasteiger partial charge in [-0.3, -0.25) is 9.10 Å². The number of anilines is 2. The Kier molecular flexibility index (Phi) is 4.86. The van der Waals surface area contributed by atoms with Crippen LogP contribution in [0.15, 0.2) is 36.4 Å². The van der Waals surface area contributed by atoms with Gasteiger partial charge < -0.3 is 10.1 Å². The molecule has 0 aliphatic carbocycles.